The highest BCUT2D eigenvalue weighted by molar-refractivity contribution is 5.44. The fourth-order valence-corrected chi connectivity index (χ4v) is 2.25. The van der Waals surface area contributed by atoms with Crippen LogP contribution in [0.5, 0.6) is 17.5 Å². The minimum absolute atomic E-state index is 0.277. The molecule has 0 fully saturated rings. The summed E-state index contributed by atoms with van der Waals surface area (Å²) in [6.45, 7) is 3.75. The lowest BCUT2D eigenvalue weighted by molar-refractivity contribution is 0.362. The molecule has 0 radical (unpaired) electrons. The first-order valence-corrected chi connectivity index (χ1v) is 7.71. The van der Waals surface area contributed by atoms with Crippen LogP contribution in [0, 0.1) is 0 Å². The molecule has 0 bridgehead atoms. The molecule has 124 valence electrons. The topological polar surface area (TPSA) is 74.1 Å². The smallest absolute Gasteiger partial charge is 0.346 e. The number of nitrogens with zero attached hydrogens (tertiary/aromatic N) is 4. The van der Waals surface area contributed by atoms with Crippen LogP contribution < -0.4 is 14.8 Å². The molecule has 0 aliphatic carbocycles. The number of nitrogens with one attached hydrogen (secondary N) is 1. The van der Waals surface area contributed by atoms with Gasteiger partial charge in [-0.1, -0.05) is 36.3 Å². The van der Waals surface area contributed by atoms with E-state index in [1.165, 1.54) is 4.68 Å². The standard InChI is InChI=1S/C17H19N5O2/c1-3-18-12-13-9-10-15(16(11-13)23-2)24-17-19-20-21-22(17)14-7-5-4-6-8-14/h4-11,18H,3,12H2,1-2H3. The van der Waals surface area contributed by atoms with Crippen molar-refractivity contribution in [1.29, 1.82) is 0 Å². The zero-order chi connectivity index (χ0) is 16.8. The van der Waals surface area contributed by atoms with E-state index in [1.807, 2.05) is 48.5 Å². The summed E-state index contributed by atoms with van der Waals surface area (Å²) < 4.78 is 12.8. The second-order valence-electron chi connectivity index (χ2n) is 5.08. The molecule has 0 saturated heterocycles. The van der Waals surface area contributed by atoms with Crippen LogP contribution in [0.15, 0.2) is 48.5 Å². The van der Waals surface area contributed by atoms with Gasteiger partial charge in [-0.2, -0.15) is 4.68 Å². The zero-order valence-corrected chi connectivity index (χ0v) is 13.6. The first-order valence-electron chi connectivity index (χ1n) is 7.71. The van der Waals surface area contributed by atoms with Gasteiger partial charge in [-0.3, -0.25) is 0 Å². The summed E-state index contributed by atoms with van der Waals surface area (Å²) in [4.78, 5) is 0. The summed E-state index contributed by atoms with van der Waals surface area (Å²) in [6, 6.07) is 15.6. The van der Waals surface area contributed by atoms with Gasteiger partial charge in [0.2, 0.25) is 0 Å². The number of hydrogen-bond acceptors (Lipinski definition) is 6. The Morgan fingerprint density at radius 1 is 1.08 bits per heavy atom. The molecule has 0 unspecified atom stereocenters. The van der Waals surface area contributed by atoms with E-state index in [-0.39, 0.29) is 6.01 Å². The molecule has 24 heavy (non-hydrogen) atoms. The highest BCUT2D eigenvalue weighted by atomic mass is 16.5. The Balaban J connectivity index is 1.85. The number of benzene rings is 2. The molecule has 1 heterocycles. The normalized spacial score (nSPS) is 10.6. The predicted octanol–water partition coefficient (Wildman–Crippen LogP) is 2.57. The molecule has 3 aromatic rings. The van der Waals surface area contributed by atoms with Crippen molar-refractivity contribution in [2.45, 2.75) is 13.5 Å². The second-order valence-corrected chi connectivity index (χ2v) is 5.08. The third-order valence-electron chi connectivity index (χ3n) is 3.45. The summed E-state index contributed by atoms with van der Waals surface area (Å²) in [5.41, 5.74) is 1.93. The van der Waals surface area contributed by atoms with Gasteiger partial charge in [0.15, 0.2) is 11.5 Å². The van der Waals surface area contributed by atoms with E-state index in [4.69, 9.17) is 9.47 Å². The lowest BCUT2D eigenvalue weighted by atomic mass is 10.2. The summed E-state index contributed by atoms with van der Waals surface area (Å²) in [5, 5.41) is 14.9. The quantitative estimate of drug-likeness (QED) is 0.720. The fraction of sp³-hybridized carbons (Fsp3) is 0.235. The third-order valence-corrected chi connectivity index (χ3v) is 3.45. The van der Waals surface area contributed by atoms with Crippen LogP contribution in [0.4, 0.5) is 0 Å². The van der Waals surface area contributed by atoms with Gasteiger partial charge in [-0.05, 0) is 46.8 Å². The fourth-order valence-electron chi connectivity index (χ4n) is 2.25. The Labute approximate surface area is 140 Å². The Kier molecular flexibility index (Phi) is 5.02. The number of tetrazole rings is 1. The van der Waals surface area contributed by atoms with E-state index in [0.29, 0.717) is 11.5 Å². The summed E-state index contributed by atoms with van der Waals surface area (Å²) in [6.07, 6.45) is 0. The summed E-state index contributed by atoms with van der Waals surface area (Å²) in [5.74, 6) is 1.19. The second kappa shape index (κ2) is 7.56. The summed E-state index contributed by atoms with van der Waals surface area (Å²) >= 11 is 0. The molecular formula is C17H19N5O2. The molecule has 2 aromatic carbocycles. The van der Waals surface area contributed by atoms with Gasteiger partial charge in [-0.15, -0.1) is 0 Å². The maximum absolute atomic E-state index is 5.87. The number of aromatic nitrogens is 4. The molecule has 3 rings (SSSR count). The van der Waals surface area contributed by atoms with Crippen molar-refractivity contribution >= 4 is 0 Å². The monoisotopic (exact) mass is 325 g/mol. The van der Waals surface area contributed by atoms with Crippen LogP contribution in [-0.4, -0.2) is 33.9 Å². The Bertz CT molecular complexity index is 789. The Morgan fingerprint density at radius 2 is 1.92 bits per heavy atom. The van der Waals surface area contributed by atoms with Crippen molar-refractivity contribution in [3.8, 4) is 23.2 Å². The van der Waals surface area contributed by atoms with E-state index in [9.17, 15) is 0 Å². The average molecular weight is 325 g/mol. The number of methoxy groups -OCH3 is 1. The highest BCUT2D eigenvalue weighted by Crippen LogP contribution is 2.31. The molecule has 0 aliphatic heterocycles. The average Bonchev–Trinajstić information content (AvgIpc) is 3.09. The molecule has 0 atom stereocenters. The third kappa shape index (κ3) is 3.52. The molecule has 0 aliphatic rings. The Morgan fingerprint density at radius 3 is 2.67 bits per heavy atom. The first kappa shape index (κ1) is 15.9. The number of hydrogen-bond donors (Lipinski definition) is 1. The van der Waals surface area contributed by atoms with Crippen LogP contribution in [0.2, 0.25) is 0 Å². The zero-order valence-electron chi connectivity index (χ0n) is 13.6. The van der Waals surface area contributed by atoms with E-state index in [0.717, 1.165) is 24.3 Å². The SMILES string of the molecule is CCNCc1ccc(Oc2nnnn2-c2ccccc2)c(OC)c1. The van der Waals surface area contributed by atoms with Crippen molar-refractivity contribution in [2.75, 3.05) is 13.7 Å². The molecule has 7 nitrogen and oxygen atoms in total. The van der Waals surface area contributed by atoms with Gasteiger partial charge in [0, 0.05) is 6.54 Å². The minimum Gasteiger partial charge on any atom is -0.493 e. The lowest BCUT2D eigenvalue weighted by Gasteiger charge is -2.11. The van der Waals surface area contributed by atoms with Gasteiger partial charge in [0.25, 0.3) is 0 Å². The van der Waals surface area contributed by atoms with Crippen LogP contribution in [0.3, 0.4) is 0 Å². The van der Waals surface area contributed by atoms with Gasteiger partial charge in [0.05, 0.1) is 12.8 Å². The predicted molar refractivity (Wildman–Crippen MR) is 89.6 cm³/mol. The van der Waals surface area contributed by atoms with Crippen LogP contribution >= 0.6 is 0 Å². The van der Waals surface area contributed by atoms with Crippen molar-refractivity contribution in [2.24, 2.45) is 0 Å². The van der Waals surface area contributed by atoms with Crippen molar-refractivity contribution in [1.82, 2.24) is 25.5 Å². The first-order chi connectivity index (χ1) is 11.8. The minimum atomic E-state index is 0.277. The van der Waals surface area contributed by atoms with Crippen molar-refractivity contribution < 1.29 is 9.47 Å². The molecular weight excluding hydrogens is 306 g/mol. The summed E-state index contributed by atoms with van der Waals surface area (Å²) in [7, 11) is 1.61. The van der Waals surface area contributed by atoms with Crippen molar-refractivity contribution in [3.05, 3.63) is 54.1 Å². The highest BCUT2D eigenvalue weighted by Gasteiger charge is 2.14. The molecule has 0 saturated carbocycles. The van der Waals surface area contributed by atoms with E-state index < -0.39 is 0 Å². The van der Waals surface area contributed by atoms with E-state index >= 15 is 0 Å². The van der Waals surface area contributed by atoms with Crippen LogP contribution in [0.25, 0.3) is 5.69 Å². The Hall–Kier alpha value is -2.93. The molecule has 7 heteroatoms. The number of ether oxygens (including phenoxy) is 2. The van der Waals surface area contributed by atoms with Gasteiger partial charge < -0.3 is 14.8 Å². The molecule has 0 amide bonds. The number of rotatable bonds is 7. The molecule has 1 N–H and O–H groups in total. The van der Waals surface area contributed by atoms with E-state index in [2.05, 4.69) is 27.8 Å². The molecule has 0 spiro atoms. The van der Waals surface area contributed by atoms with E-state index in [1.54, 1.807) is 7.11 Å². The molecule has 1 aromatic heterocycles. The van der Waals surface area contributed by atoms with Gasteiger partial charge in [0.1, 0.15) is 0 Å². The number of para-hydroxylation sites is 1. The van der Waals surface area contributed by atoms with Crippen LogP contribution in [0.1, 0.15) is 12.5 Å². The van der Waals surface area contributed by atoms with Gasteiger partial charge in [-0.25, -0.2) is 0 Å². The largest absolute Gasteiger partial charge is 0.493 e. The van der Waals surface area contributed by atoms with Crippen molar-refractivity contribution in [3.63, 3.8) is 0 Å². The maximum Gasteiger partial charge on any atom is 0.346 e. The van der Waals surface area contributed by atoms with Gasteiger partial charge >= 0.3 is 6.01 Å². The van der Waals surface area contributed by atoms with Crippen LogP contribution in [-0.2, 0) is 6.54 Å². The maximum atomic E-state index is 5.87. The lowest BCUT2D eigenvalue weighted by Crippen LogP contribution is -2.11.